The summed E-state index contributed by atoms with van der Waals surface area (Å²) in [5.41, 5.74) is 1.24. The van der Waals surface area contributed by atoms with E-state index in [9.17, 15) is 4.79 Å². The zero-order valence-corrected chi connectivity index (χ0v) is 12.8. The van der Waals surface area contributed by atoms with Crippen molar-refractivity contribution in [3.8, 4) is 11.5 Å². The normalized spacial score (nSPS) is 13.0. The monoisotopic (exact) mass is 322 g/mol. The van der Waals surface area contributed by atoms with Crippen LogP contribution in [0.3, 0.4) is 0 Å². The lowest BCUT2D eigenvalue weighted by atomic mass is 10.1. The number of aryl methyl sites for hydroxylation is 1. The minimum absolute atomic E-state index is 0.263. The van der Waals surface area contributed by atoms with Crippen LogP contribution in [0.15, 0.2) is 22.7 Å². The number of ether oxygens (including phenoxy) is 2. The summed E-state index contributed by atoms with van der Waals surface area (Å²) in [5, 5.41) is 6.97. The van der Waals surface area contributed by atoms with Crippen LogP contribution < -0.4 is 14.8 Å². The zero-order chi connectivity index (χ0) is 15.5. The molecule has 2 heterocycles. The fraction of sp³-hybridized carbons (Fsp3) is 0.333. The molecule has 1 N–H and O–H groups in total. The summed E-state index contributed by atoms with van der Waals surface area (Å²) in [6, 6.07) is 5.30. The average Bonchev–Trinajstić information content (AvgIpc) is 2.94. The van der Waals surface area contributed by atoms with E-state index >= 15 is 0 Å². The van der Waals surface area contributed by atoms with Gasteiger partial charge in [0, 0.05) is 12.6 Å². The predicted octanol–water partition coefficient (Wildman–Crippen LogP) is 2.38. The van der Waals surface area contributed by atoms with Gasteiger partial charge in [0.15, 0.2) is 17.2 Å². The van der Waals surface area contributed by atoms with Crippen molar-refractivity contribution in [3.63, 3.8) is 0 Å². The SMILES string of the molecule is Cc1cc(C(=O)NCCc2cc(Cl)c3c(c2)OCCO3)no1. The smallest absolute Gasteiger partial charge is 0.273 e. The Hall–Kier alpha value is -2.21. The second-order valence-corrected chi connectivity index (χ2v) is 5.34. The maximum Gasteiger partial charge on any atom is 0.273 e. The van der Waals surface area contributed by atoms with Gasteiger partial charge in [-0.3, -0.25) is 4.79 Å². The molecule has 0 saturated heterocycles. The van der Waals surface area contributed by atoms with Gasteiger partial charge < -0.3 is 19.3 Å². The highest BCUT2D eigenvalue weighted by molar-refractivity contribution is 6.32. The van der Waals surface area contributed by atoms with E-state index in [1.54, 1.807) is 13.0 Å². The molecule has 116 valence electrons. The first-order chi connectivity index (χ1) is 10.6. The standard InChI is InChI=1S/C15H15ClN2O4/c1-9-6-12(18-22-9)15(19)17-3-2-10-7-11(16)14-13(8-10)20-4-5-21-14/h6-8H,2-5H2,1H3,(H,17,19). The molecule has 3 rings (SSSR count). The quantitative estimate of drug-likeness (QED) is 0.935. The minimum atomic E-state index is -0.263. The fourth-order valence-electron chi connectivity index (χ4n) is 2.19. The number of fused-ring (bicyclic) bond motifs is 1. The van der Waals surface area contributed by atoms with Gasteiger partial charge in [0.05, 0.1) is 5.02 Å². The molecule has 0 unspecified atom stereocenters. The summed E-state index contributed by atoms with van der Waals surface area (Å²) in [4.78, 5) is 11.8. The third-order valence-electron chi connectivity index (χ3n) is 3.22. The Morgan fingerprint density at radius 2 is 2.14 bits per heavy atom. The molecule has 1 aliphatic heterocycles. The van der Waals surface area contributed by atoms with Crippen molar-refractivity contribution in [2.45, 2.75) is 13.3 Å². The van der Waals surface area contributed by atoms with Crippen molar-refractivity contribution in [3.05, 3.63) is 40.2 Å². The Kier molecular flexibility index (Phi) is 4.20. The second kappa shape index (κ2) is 6.27. The highest BCUT2D eigenvalue weighted by Crippen LogP contribution is 2.38. The number of carbonyl (C=O) groups excluding carboxylic acids is 1. The van der Waals surface area contributed by atoms with Gasteiger partial charge in [0.2, 0.25) is 0 Å². The second-order valence-electron chi connectivity index (χ2n) is 4.93. The van der Waals surface area contributed by atoms with Crippen LogP contribution in [-0.2, 0) is 6.42 Å². The van der Waals surface area contributed by atoms with Crippen molar-refractivity contribution in [1.82, 2.24) is 10.5 Å². The molecular formula is C15H15ClN2O4. The third-order valence-corrected chi connectivity index (χ3v) is 3.50. The number of amides is 1. The highest BCUT2D eigenvalue weighted by Gasteiger charge is 2.17. The van der Waals surface area contributed by atoms with Gasteiger partial charge in [0.1, 0.15) is 19.0 Å². The summed E-state index contributed by atoms with van der Waals surface area (Å²) < 4.78 is 15.9. The third kappa shape index (κ3) is 3.17. The van der Waals surface area contributed by atoms with Gasteiger partial charge in [-0.05, 0) is 31.0 Å². The molecule has 0 spiro atoms. The summed E-state index contributed by atoms with van der Waals surface area (Å²) in [7, 11) is 0. The van der Waals surface area contributed by atoms with E-state index in [4.69, 9.17) is 25.6 Å². The van der Waals surface area contributed by atoms with Crippen LogP contribution in [0.1, 0.15) is 21.8 Å². The van der Waals surface area contributed by atoms with E-state index in [1.807, 2.05) is 12.1 Å². The maximum absolute atomic E-state index is 11.8. The molecule has 0 atom stereocenters. The molecule has 22 heavy (non-hydrogen) atoms. The number of aromatic nitrogens is 1. The summed E-state index contributed by atoms with van der Waals surface area (Å²) in [6.45, 7) is 3.20. The topological polar surface area (TPSA) is 73.6 Å². The Morgan fingerprint density at radius 1 is 1.32 bits per heavy atom. The van der Waals surface area contributed by atoms with Gasteiger partial charge >= 0.3 is 0 Å². The van der Waals surface area contributed by atoms with Gasteiger partial charge in [-0.25, -0.2) is 0 Å². The van der Waals surface area contributed by atoms with Crippen LogP contribution in [0.4, 0.5) is 0 Å². The van der Waals surface area contributed by atoms with Crippen LogP contribution in [0.5, 0.6) is 11.5 Å². The molecule has 1 aromatic carbocycles. The van der Waals surface area contributed by atoms with E-state index in [2.05, 4.69) is 10.5 Å². The van der Waals surface area contributed by atoms with E-state index in [0.29, 0.717) is 48.5 Å². The van der Waals surface area contributed by atoms with Gasteiger partial charge in [-0.2, -0.15) is 0 Å². The molecule has 0 radical (unpaired) electrons. The Morgan fingerprint density at radius 3 is 2.91 bits per heavy atom. The minimum Gasteiger partial charge on any atom is -0.486 e. The van der Waals surface area contributed by atoms with Crippen LogP contribution in [-0.4, -0.2) is 30.8 Å². The van der Waals surface area contributed by atoms with E-state index in [0.717, 1.165) is 5.56 Å². The lowest BCUT2D eigenvalue weighted by molar-refractivity contribution is 0.0945. The van der Waals surface area contributed by atoms with Gasteiger partial charge in [0.25, 0.3) is 5.91 Å². The largest absolute Gasteiger partial charge is 0.486 e. The van der Waals surface area contributed by atoms with Crippen LogP contribution >= 0.6 is 11.6 Å². The Bertz CT molecular complexity index is 699. The van der Waals surface area contributed by atoms with Crippen molar-refractivity contribution in [2.75, 3.05) is 19.8 Å². The van der Waals surface area contributed by atoms with Crippen molar-refractivity contribution >= 4 is 17.5 Å². The van der Waals surface area contributed by atoms with E-state index < -0.39 is 0 Å². The number of rotatable bonds is 4. The molecule has 1 aliphatic rings. The van der Waals surface area contributed by atoms with Crippen LogP contribution in [0.25, 0.3) is 0 Å². The molecule has 7 heteroatoms. The molecule has 0 bridgehead atoms. The van der Waals surface area contributed by atoms with Crippen LogP contribution in [0.2, 0.25) is 5.02 Å². The number of nitrogens with one attached hydrogen (secondary N) is 1. The Balaban J connectivity index is 1.60. The number of hydrogen-bond donors (Lipinski definition) is 1. The number of carbonyl (C=O) groups is 1. The summed E-state index contributed by atoms with van der Waals surface area (Å²) in [6.07, 6.45) is 0.624. The molecule has 0 saturated carbocycles. The van der Waals surface area contributed by atoms with Gasteiger partial charge in [-0.15, -0.1) is 0 Å². The predicted molar refractivity (Wildman–Crippen MR) is 79.7 cm³/mol. The Labute approximate surface area is 132 Å². The van der Waals surface area contributed by atoms with Crippen LogP contribution in [0, 0.1) is 6.92 Å². The van der Waals surface area contributed by atoms with Crippen molar-refractivity contribution in [2.24, 2.45) is 0 Å². The van der Waals surface area contributed by atoms with E-state index in [-0.39, 0.29) is 11.6 Å². The lowest BCUT2D eigenvalue weighted by Gasteiger charge is -2.20. The van der Waals surface area contributed by atoms with Gasteiger partial charge in [-0.1, -0.05) is 16.8 Å². The molecule has 0 aliphatic carbocycles. The average molecular weight is 323 g/mol. The van der Waals surface area contributed by atoms with E-state index in [1.165, 1.54) is 0 Å². The number of hydrogen-bond acceptors (Lipinski definition) is 5. The number of halogens is 1. The van der Waals surface area contributed by atoms with Crippen molar-refractivity contribution in [1.29, 1.82) is 0 Å². The van der Waals surface area contributed by atoms with Crippen molar-refractivity contribution < 1.29 is 18.8 Å². The first-order valence-electron chi connectivity index (χ1n) is 6.93. The summed E-state index contributed by atoms with van der Waals surface area (Å²) >= 11 is 6.17. The molecule has 2 aromatic rings. The molecule has 6 nitrogen and oxygen atoms in total. The number of nitrogens with zero attached hydrogens (tertiary/aromatic N) is 1. The molecule has 0 fully saturated rings. The molecular weight excluding hydrogens is 308 g/mol. The highest BCUT2D eigenvalue weighted by atomic mass is 35.5. The zero-order valence-electron chi connectivity index (χ0n) is 12.0. The fourth-order valence-corrected chi connectivity index (χ4v) is 2.48. The number of benzene rings is 1. The maximum atomic E-state index is 11.8. The first kappa shape index (κ1) is 14.7. The summed E-state index contributed by atoms with van der Waals surface area (Å²) in [5.74, 6) is 1.57. The molecule has 1 amide bonds. The lowest BCUT2D eigenvalue weighted by Crippen LogP contribution is -2.26. The molecule has 1 aromatic heterocycles. The first-order valence-corrected chi connectivity index (χ1v) is 7.31.